The van der Waals surface area contributed by atoms with Crippen LogP contribution in [0, 0.1) is 10.1 Å². The second-order valence-electron chi connectivity index (χ2n) is 5.82. The summed E-state index contributed by atoms with van der Waals surface area (Å²) in [6, 6.07) is 8.97. The highest BCUT2D eigenvalue weighted by atomic mass is 35.5. The van der Waals surface area contributed by atoms with Crippen LogP contribution in [0.1, 0.15) is 27.6 Å². The number of non-ortho nitro benzene ring substituents is 1. The van der Waals surface area contributed by atoms with E-state index >= 15 is 0 Å². The number of nitro groups is 1. The number of fused-ring (bicyclic) bond motifs is 1. The minimum Gasteiger partial charge on any atom is -0.423 e. The van der Waals surface area contributed by atoms with Gasteiger partial charge in [-0.25, -0.2) is 9.59 Å². The molecule has 2 aromatic carbocycles. The maximum Gasteiger partial charge on any atom is 0.349 e. The number of ether oxygens (including phenoxy) is 1. The van der Waals surface area contributed by atoms with Crippen LogP contribution in [-0.2, 0) is 0 Å². The van der Waals surface area contributed by atoms with Crippen molar-refractivity contribution in [3.05, 3.63) is 79.1 Å². The first kappa shape index (κ1) is 20.0. The highest BCUT2D eigenvalue weighted by Crippen LogP contribution is 2.25. The van der Waals surface area contributed by atoms with Gasteiger partial charge < -0.3 is 14.5 Å². The lowest BCUT2D eigenvalue weighted by molar-refractivity contribution is -0.384. The van der Waals surface area contributed by atoms with E-state index in [9.17, 15) is 24.5 Å². The van der Waals surface area contributed by atoms with Gasteiger partial charge in [0.1, 0.15) is 16.9 Å². The zero-order valence-corrected chi connectivity index (χ0v) is 15.7. The fraction of sp³-hybridized carbons (Fsp3) is 0.105. The van der Waals surface area contributed by atoms with Crippen LogP contribution in [0.4, 0.5) is 5.69 Å². The lowest BCUT2D eigenvalue weighted by atomic mass is 10.1. The van der Waals surface area contributed by atoms with Gasteiger partial charge in [-0.2, -0.15) is 0 Å². The van der Waals surface area contributed by atoms with E-state index in [0.717, 1.165) is 12.1 Å². The third-order valence-corrected chi connectivity index (χ3v) is 4.21. The van der Waals surface area contributed by atoms with Crippen LogP contribution in [0.5, 0.6) is 5.75 Å². The number of amides is 1. The predicted molar refractivity (Wildman–Crippen MR) is 104 cm³/mol. The fourth-order valence-corrected chi connectivity index (χ4v) is 2.71. The number of esters is 1. The van der Waals surface area contributed by atoms with Crippen molar-refractivity contribution in [2.24, 2.45) is 0 Å². The number of benzene rings is 2. The second-order valence-corrected chi connectivity index (χ2v) is 6.22. The highest BCUT2D eigenvalue weighted by molar-refractivity contribution is 6.33. The molecular weight excluding hydrogens is 404 g/mol. The molecule has 0 bridgehead atoms. The van der Waals surface area contributed by atoms with Gasteiger partial charge >= 0.3 is 11.6 Å². The normalized spacial score (nSPS) is 10.6. The van der Waals surface area contributed by atoms with E-state index in [2.05, 4.69) is 5.32 Å². The van der Waals surface area contributed by atoms with Gasteiger partial charge in [-0.05, 0) is 31.2 Å². The molecular formula is C19H13ClN2O7. The van der Waals surface area contributed by atoms with Crippen LogP contribution >= 0.6 is 11.6 Å². The van der Waals surface area contributed by atoms with Crippen molar-refractivity contribution in [2.45, 2.75) is 6.92 Å². The van der Waals surface area contributed by atoms with Gasteiger partial charge in [-0.1, -0.05) is 11.6 Å². The lowest BCUT2D eigenvalue weighted by Crippen LogP contribution is -2.27. The van der Waals surface area contributed by atoms with Crippen molar-refractivity contribution in [2.75, 3.05) is 6.54 Å². The Morgan fingerprint density at radius 1 is 1.17 bits per heavy atom. The summed E-state index contributed by atoms with van der Waals surface area (Å²) in [5, 5.41) is 13.8. The predicted octanol–water partition coefficient (Wildman–Crippen LogP) is 3.32. The van der Waals surface area contributed by atoms with Crippen LogP contribution in [0.15, 0.2) is 51.7 Å². The zero-order valence-electron chi connectivity index (χ0n) is 14.9. The number of halogens is 1. The molecule has 0 aliphatic rings. The molecule has 0 aliphatic heterocycles. The molecule has 1 heterocycles. The second kappa shape index (κ2) is 8.11. The first-order chi connectivity index (χ1) is 13.8. The Bertz CT molecular complexity index is 1200. The van der Waals surface area contributed by atoms with E-state index in [1.54, 1.807) is 6.92 Å². The number of nitrogens with one attached hydrogen (secondary N) is 1. The summed E-state index contributed by atoms with van der Waals surface area (Å²) in [4.78, 5) is 46.5. The number of carbonyl (C=O) groups is 2. The SMILES string of the molecule is CCNC(=O)c1cc2ccc(OC(=O)c3cc([N+](=O)[O-])ccc3Cl)cc2oc1=O. The molecule has 148 valence electrons. The van der Waals surface area contributed by atoms with E-state index in [-0.39, 0.29) is 33.2 Å². The van der Waals surface area contributed by atoms with Crippen LogP contribution < -0.4 is 15.7 Å². The summed E-state index contributed by atoms with van der Waals surface area (Å²) >= 11 is 5.93. The maximum absolute atomic E-state index is 12.4. The van der Waals surface area contributed by atoms with Gasteiger partial charge in [-0.3, -0.25) is 14.9 Å². The summed E-state index contributed by atoms with van der Waals surface area (Å²) < 4.78 is 10.3. The molecule has 1 aromatic heterocycles. The average molecular weight is 417 g/mol. The minimum absolute atomic E-state index is 0.0144. The van der Waals surface area contributed by atoms with E-state index in [1.165, 1.54) is 30.3 Å². The Morgan fingerprint density at radius 2 is 1.93 bits per heavy atom. The van der Waals surface area contributed by atoms with Crippen molar-refractivity contribution in [3.63, 3.8) is 0 Å². The smallest absolute Gasteiger partial charge is 0.349 e. The fourth-order valence-electron chi connectivity index (χ4n) is 2.51. The molecule has 0 atom stereocenters. The van der Waals surface area contributed by atoms with Gasteiger partial charge in [0.25, 0.3) is 11.6 Å². The Hall–Kier alpha value is -3.72. The van der Waals surface area contributed by atoms with E-state index in [4.69, 9.17) is 20.8 Å². The topological polar surface area (TPSA) is 129 Å². The van der Waals surface area contributed by atoms with Crippen LogP contribution in [0.3, 0.4) is 0 Å². The van der Waals surface area contributed by atoms with E-state index in [1.807, 2.05) is 0 Å². The number of nitrogens with zero attached hydrogens (tertiary/aromatic N) is 1. The van der Waals surface area contributed by atoms with Gasteiger partial charge in [0, 0.05) is 30.1 Å². The lowest BCUT2D eigenvalue weighted by Gasteiger charge is -2.07. The third-order valence-electron chi connectivity index (χ3n) is 3.88. The van der Waals surface area contributed by atoms with Crippen LogP contribution in [0.25, 0.3) is 11.0 Å². The van der Waals surface area contributed by atoms with Gasteiger partial charge in [0.15, 0.2) is 0 Å². The number of hydrogen-bond acceptors (Lipinski definition) is 7. The van der Waals surface area contributed by atoms with Crippen molar-refractivity contribution in [1.29, 1.82) is 0 Å². The number of hydrogen-bond donors (Lipinski definition) is 1. The average Bonchev–Trinajstić information content (AvgIpc) is 2.67. The number of nitro benzene ring substituents is 1. The number of rotatable bonds is 5. The highest BCUT2D eigenvalue weighted by Gasteiger charge is 2.19. The quantitative estimate of drug-likeness (QED) is 0.222. The molecule has 9 nitrogen and oxygen atoms in total. The summed E-state index contributed by atoms with van der Waals surface area (Å²) in [5.74, 6) is -1.45. The van der Waals surface area contributed by atoms with Crippen molar-refractivity contribution in [3.8, 4) is 5.75 Å². The van der Waals surface area contributed by atoms with Gasteiger partial charge in [-0.15, -0.1) is 0 Å². The molecule has 0 unspecified atom stereocenters. The molecule has 10 heteroatoms. The molecule has 0 saturated carbocycles. The Morgan fingerprint density at radius 3 is 2.62 bits per heavy atom. The summed E-state index contributed by atoms with van der Waals surface area (Å²) in [6.07, 6.45) is 0. The molecule has 3 rings (SSSR count). The molecule has 0 fully saturated rings. The van der Waals surface area contributed by atoms with Crippen molar-refractivity contribution >= 4 is 40.1 Å². The maximum atomic E-state index is 12.4. The Kier molecular flexibility index (Phi) is 5.60. The van der Waals surface area contributed by atoms with Crippen molar-refractivity contribution < 1.29 is 23.7 Å². The first-order valence-electron chi connectivity index (χ1n) is 8.32. The Labute approximate surface area is 168 Å². The van der Waals surface area contributed by atoms with E-state index in [0.29, 0.717) is 11.9 Å². The van der Waals surface area contributed by atoms with Crippen LogP contribution in [0.2, 0.25) is 5.02 Å². The Balaban J connectivity index is 1.91. The molecule has 0 aliphatic carbocycles. The number of carbonyl (C=O) groups excluding carboxylic acids is 2. The zero-order chi connectivity index (χ0) is 21.1. The monoisotopic (exact) mass is 416 g/mol. The third kappa shape index (κ3) is 4.25. The molecule has 0 saturated heterocycles. The molecule has 0 radical (unpaired) electrons. The standard InChI is InChI=1S/C19H13ClN2O7/c1-2-21-17(23)14-7-10-3-5-12(9-16(10)29-19(14)25)28-18(24)13-8-11(22(26)27)4-6-15(13)20/h3-9H,2H2,1H3,(H,21,23). The first-order valence-corrected chi connectivity index (χ1v) is 8.70. The summed E-state index contributed by atoms with van der Waals surface area (Å²) in [5.41, 5.74) is -1.39. The molecule has 29 heavy (non-hydrogen) atoms. The summed E-state index contributed by atoms with van der Waals surface area (Å²) in [7, 11) is 0. The van der Waals surface area contributed by atoms with Crippen molar-refractivity contribution in [1.82, 2.24) is 5.32 Å². The minimum atomic E-state index is -0.917. The molecule has 3 aromatic rings. The van der Waals surface area contributed by atoms with Gasteiger partial charge in [0.05, 0.1) is 15.5 Å². The van der Waals surface area contributed by atoms with Crippen LogP contribution in [-0.4, -0.2) is 23.3 Å². The van der Waals surface area contributed by atoms with Gasteiger partial charge in [0.2, 0.25) is 0 Å². The molecule has 0 spiro atoms. The largest absolute Gasteiger partial charge is 0.423 e. The van der Waals surface area contributed by atoms with E-state index < -0.39 is 22.4 Å². The molecule has 1 N–H and O–H groups in total. The molecule has 1 amide bonds. The summed E-state index contributed by atoms with van der Waals surface area (Å²) in [6.45, 7) is 2.07.